The van der Waals surface area contributed by atoms with Gasteiger partial charge in [0.2, 0.25) is 11.8 Å². The van der Waals surface area contributed by atoms with Gasteiger partial charge in [-0.1, -0.05) is 0 Å². The number of amides is 1. The minimum absolute atomic E-state index is 0.0375. The van der Waals surface area contributed by atoms with Crippen molar-refractivity contribution in [3.63, 3.8) is 0 Å². The molecule has 2 aromatic rings. The molecular formula is C17H19F3N4O3. The molecule has 1 heterocycles. The summed E-state index contributed by atoms with van der Waals surface area (Å²) >= 11 is 0. The highest BCUT2D eigenvalue weighted by atomic mass is 19.4. The molecule has 146 valence electrons. The number of nitrogens with zero attached hydrogens (tertiary/aromatic N) is 4. The van der Waals surface area contributed by atoms with Gasteiger partial charge in [-0.25, -0.2) is 0 Å². The lowest BCUT2D eigenvalue weighted by Crippen LogP contribution is -2.33. The van der Waals surface area contributed by atoms with E-state index in [1.807, 2.05) is 0 Å². The quantitative estimate of drug-likeness (QED) is 0.731. The normalized spacial score (nSPS) is 11.0. The van der Waals surface area contributed by atoms with Crippen LogP contribution in [0.25, 0.3) is 0 Å². The zero-order chi connectivity index (χ0) is 20.0. The molecule has 0 bridgehead atoms. The van der Waals surface area contributed by atoms with Crippen LogP contribution in [0.2, 0.25) is 0 Å². The summed E-state index contributed by atoms with van der Waals surface area (Å²) in [5.74, 6) is 0.619. The van der Waals surface area contributed by atoms with Crippen molar-refractivity contribution in [2.24, 2.45) is 0 Å². The molecule has 0 radical (unpaired) electrons. The van der Waals surface area contributed by atoms with Gasteiger partial charge in [0, 0.05) is 34.1 Å². The number of carbonyl (C=O) groups excluding carboxylic acids is 1. The molecular weight excluding hydrogens is 365 g/mol. The van der Waals surface area contributed by atoms with Gasteiger partial charge in [-0.15, -0.1) is 13.2 Å². The molecule has 0 atom stereocenters. The van der Waals surface area contributed by atoms with Crippen LogP contribution in [0.5, 0.6) is 17.4 Å². The van der Waals surface area contributed by atoms with Gasteiger partial charge < -0.3 is 19.3 Å². The standard InChI is InChI=1S/C17H19F3N4O3/c1-12(25)23(2)8-9-24(3)15-10-21-11-16(22-15)26-13-4-6-14(7-5-13)27-17(18,19)20/h4-7,10-11H,8-9H2,1-3H3. The van der Waals surface area contributed by atoms with Gasteiger partial charge in [-0.3, -0.25) is 9.78 Å². The number of benzene rings is 1. The number of ether oxygens (including phenoxy) is 2. The van der Waals surface area contributed by atoms with Crippen LogP contribution in [0.15, 0.2) is 36.7 Å². The van der Waals surface area contributed by atoms with Gasteiger partial charge in [0.1, 0.15) is 11.5 Å². The summed E-state index contributed by atoms with van der Waals surface area (Å²) in [6.45, 7) is 2.54. The van der Waals surface area contributed by atoms with Crippen molar-refractivity contribution in [2.45, 2.75) is 13.3 Å². The number of hydrogen-bond acceptors (Lipinski definition) is 6. The molecule has 0 N–H and O–H groups in total. The molecule has 1 aromatic carbocycles. The van der Waals surface area contributed by atoms with Crippen LogP contribution in [0, 0.1) is 0 Å². The Bertz CT molecular complexity index is 769. The van der Waals surface area contributed by atoms with E-state index in [9.17, 15) is 18.0 Å². The Labute approximate surface area is 154 Å². The predicted molar refractivity (Wildman–Crippen MR) is 91.8 cm³/mol. The molecule has 0 unspecified atom stereocenters. The highest BCUT2D eigenvalue weighted by Crippen LogP contribution is 2.27. The molecule has 1 aromatic heterocycles. The van der Waals surface area contributed by atoms with E-state index in [0.29, 0.717) is 18.9 Å². The first kappa shape index (κ1) is 20.3. The molecule has 0 aliphatic heterocycles. The highest BCUT2D eigenvalue weighted by Gasteiger charge is 2.31. The van der Waals surface area contributed by atoms with Crippen molar-refractivity contribution < 1.29 is 27.4 Å². The second-order valence-corrected chi connectivity index (χ2v) is 5.70. The van der Waals surface area contributed by atoms with Crippen molar-refractivity contribution in [1.29, 1.82) is 0 Å². The molecule has 10 heteroatoms. The number of likely N-dealkylation sites (N-methyl/N-ethyl adjacent to an activating group) is 2. The third-order valence-electron chi connectivity index (χ3n) is 3.58. The van der Waals surface area contributed by atoms with E-state index in [-0.39, 0.29) is 23.3 Å². The number of halogens is 3. The van der Waals surface area contributed by atoms with E-state index in [1.165, 1.54) is 25.3 Å². The smallest absolute Gasteiger partial charge is 0.437 e. The van der Waals surface area contributed by atoms with Crippen molar-refractivity contribution in [3.05, 3.63) is 36.7 Å². The SMILES string of the molecule is CC(=O)N(C)CCN(C)c1cncc(Oc2ccc(OC(F)(F)F)cc2)n1. The molecule has 0 fully saturated rings. The molecule has 0 saturated carbocycles. The van der Waals surface area contributed by atoms with Gasteiger partial charge >= 0.3 is 6.36 Å². The Morgan fingerprint density at radius 2 is 1.70 bits per heavy atom. The van der Waals surface area contributed by atoms with Crippen LogP contribution in [0.4, 0.5) is 19.0 Å². The summed E-state index contributed by atoms with van der Waals surface area (Å²) in [6.07, 6.45) is -1.82. The second kappa shape index (κ2) is 8.56. The van der Waals surface area contributed by atoms with Crippen molar-refractivity contribution in [3.8, 4) is 17.4 Å². The minimum atomic E-state index is -4.75. The Morgan fingerprint density at radius 1 is 1.07 bits per heavy atom. The summed E-state index contributed by atoms with van der Waals surface area (Å²) in [5, 5.41) is 0. The maximum Gasteiger partial charge on any atom is 0.573 e. The molecule has 0 aliphatic rings. The minimum Gasteiger partial charge on any atom is -0.437 e. The lowest BCUT2D eigenvalue weighted by Gasteiger charge is -2.22. The summed E-state index contributed by atoms with van der Waals surface area (Å²) in [7, 11) is 3.50. The number of alkyl halides is 3. The molecule has 0 aliphatic carbocycles. The first-order valence-electron chi connectivity index (χ1n) is 7.92. The van der Waals surface area contributed by atoms with Crippen molar-refractivity contribution in [2.75, 3.05) is 32.1 Å². The average Bonchev–Trinajstić information content (AvgIpc) is 2.60. The van der Waals surface area contributed by atoms with Crippen LogP contribution < -0.4 is 14.4 Å². The van der Waals surface area contributed by atoms with E-state index in [2.05, 4.69) is 14.7 Å². The number of anilines is 1. The number of rotatable bonds is 7. The van der Waals surface area contributed by atoms with Crippen LogP contribution in [0.3, 0.4) is 0 Å². The fraction of sp³-hybridized carbons (Fsp3) is 0.353. The third-order valence-corrected chi connectivity index (χ3v) is 3.58. The number of hydrogen-bond donors (Lipinski definition) is 0. The largest absolute Gasteiger partial charge is 0.573 e. The zero-order valence-electron chi connectivity index (χ0n) is 15.0. The maximum absolute atomic E-state index is 12.2. The summed E-state index contributed by atoms with van der Waals surface area (Å²) in [5.41, 5.74) is 0. The first-order chi connectivity index (χ1) is 12.6. The summed E-state index contributed by atoms with van der Waals surface area (Å²) in [6, 6.07) is 4.95. The molecule has 2 rings (SSSR count). The van der Waals surface area contributed by atoms with Gasteiger partial charge in [-0.05, 0) is 24.3 Å². The molecule has 7 nitrogen and oxygen atoms in total. The number of aromatic nitrogens is 2. The molecule has 0 saturated heterocycles. The lowest BCUT2D eigenvalue weighted by atomic mass is 10.3. The second-order valence-electron chi connectivity index (χ2n) is 5.70. The summed E-state index contributed by atoms with van der Waals surface area (Å²) < 4.78 is 45.8. The fourth-order valence-electron chi connectivity index (χ4n) is 1.97. The van der Waals surface area contributed by atoms with E-state index in [4.69, 9.17) is 4.74 Å². The highest BCUT2D eigenvalue weighted by molar-refractivity contribution is 5.72. The topological polar surface area (TPSA) is 67.8 Å². The van der Waals surface area contributed by atoms with Gasteiger partial charge in [-0.2, -0.15) is 4.98 Å². The van der Waals surface area contributed by atoms with E-state index < -0.39 is 6.36 Å². The summed E-state index contributed by atoms with van der Waals surface area (Å²) in [4.78, 5) is 23.0. The van der Waals surface area contributed by atoms with E-state index in [1.54, 1.807) is 30.1 Å². The van der Waals surface area contributed by atoms with Crippen LogP contribution in [0.1, 0.15) is 6.92 Å². The van der Waals surface area contributed by atoms with E-state index >= 15 is 0 Å². The van der Waals surface area contributed by atoms with Gasteiger partial charge in [0.25, 0.3) is 0 Å². The van der Waals surface area contributed by atoms with Crippen molar-refractivity contribution >= 4 is 11.7 Å². The Balaban J connectivity index is 1.99. The molecule has 1 amide bonds. The first-order valence-corrected chi connectivity index (χ1v) is 7.92. The van der Waals surface area contributed by atoms with E-state index in [0.717, 1.165) is 12.1 Å². The zero-order valence-corrected chi connectivity index (χ0v) is 15.0. The Kier molecular flexibility index (Phi) is 6.43. The predicted octanol–water partition coefficient (Wildman–Crippen LogP) is 3.08. The molecule has 27 heavy (non-hydrogen) atoms. The van der Waals surface area contributed by atoms with Crippen LogP contribution in [-0.4, -0.2) is 54.3 Å². The Hall–Kier alpha value is -3.04. The Morgan fingerprint density at radius 3 is 2.30 bits per heavy atom. The van der Waals surface area contributed by atoms with Crippen LogP contribution >= 0.6 is 0 Å². The average molecular weight is 384 g/mol. The third kappa shape index (κ3) is 6.65. The van der Waals surface area contributed by atoms with Crippen LogP contribution in [-0.2, 0) is 4.79 Å². The monoisotopic (exact) mass is 384 g/mol. The number of carbonyl (C=O) groups is 1. The van der Waals surface area contributed by atoms with Gasteiger partial charge in [0.05, 0.1) is 12.4 Å². The fourth-order valence-corrected chi connectivity index (χ4v) is 1.97. The molecule has 0 spiro atoms. The van der Waals surface area contributed by atoms with Gasteiger partial charge in [0.15, 0.2) is 5.82 Å². The maximum atomic E-state index is 12.2. The van der Waals surface area contributed by atoms with Crippen molar-refractivity contribution in [1.82, 2.24) is 14.9 Å². The lowest BCUT2D eigenvalue weighted by molar-refractivity contribution is -0.274.